The van der Waals surface area contributed by atoms with E-state index in [1.54, 1.807) is 0 Å². The summed E-state index contributed by atoms with van der Waals surface area (Å²) in [6, 6.07) is 4.80. The maximum atomic E-state index is 12.2. The highest BCUT2D eigenvalue weighted by atomic mass is 16.1. The van der Waals surface area contributed by atoms with Gasteiger partial charge >= 0.3 is 0 Å². The first-order valence-electron chi connectivity index (χ1n) is 7.72. The van der Waals surface area contributed by atoms with Crippen molar-refractivity contribution in [3.63, 3.8) is 0 Å². The first-order valence-corrected chi connectivity index (χ1v) is 7.72. The molecule has 1 unspecified atom stereocenters. The number of aromatic nitrogens is 2. The highest BCUT2D eigenvalue weighted by Gasteiger charge is 2.40. The number of ketones is 1. The summed E-state index contributed by atoms with van der Waals surface area (Å²) < 4.78 is 2.04. The molecule has 0 amide bonds. The average molecular weight is 271 g/mol. The number of nitriles is 1. The Morgan fingerprint density at radius 2 is 2.15 bits per heavy atom. The Morgan fingerprint density at radius 3 is 2.85 bits per heavy atom. The maximum Gasteiger partial charge on any atom is 0.153 e. The van der Waals surface area contributed by atoms with E-state index in [1.165, 1.54) is 25.7 Å². The molecule has 2 aliphatic carbocycles. The summed E-state index contributed by atoms with van der Waals surface area (Å²) in [4.78, 5) is 12.2. The molecule has 106 valence electrons. The van der Waals surface area contributed by atoms with Crippen LogP contribution in [-0.2, 0) is 11.2 Å². The molecule has 0 spiro atoms. The predicted molar refractivity (Wildman–Crippen MR) is 75.0 cm³/mol. The standard InChI is InChI=1S/C16H21N3O/c17-12-16(9-4-3-7-15(16)20)11-13-8-10-19(18-13)14-5-1-2-6-14/h8,10,14H,1-7,9,11H2. The third-order valence-electron chi connectivity index (χ3n) is 4.85. The first kappa shape index (κ1) is 13.4. The molecule has 2 fully saturated rings. The second-order valence-corrected chi connectivity index (χ2v) is 6.23. The summed E-state index contributed by atoms with van der Waals surface area (Å²) in [5.74, 6) is 0.113. The van der Waals surface area contributed by atoms with Gasteiger partial charge in [-0.05, 0) is 31.7 Å². The molecule has 0 saturated heterocycles. The number of nitrogens with zero attached hydrogens (tertiary/aromatic N) is 3. The van der Waals surface area contributed by atoms with Crippen LogP contribution in [0.4, 0.5) is 0 Å². The molecule has 2 saturated carbocycles. The molecule has 4 nitrogen and oxygen atoms in total. The van der Waals surface area contributed by atoms with Crippen molar-refractivity contribution in [3.05, 3.63) is 18.0 Å². The molecule has 2 aliphatic rings. The Balaban J connectivity index is 1.76. The van der Waals surface area contributed by atoms with E-state index in [2.05, 4.69) is 11.2 Å². The Kier molecular flexibility index (Phi) is 3.60. The number of rotatable bonds is 3. The lowest BCUT2D eigenvalue weighted by atomic mass is 9.71. The van der Waals surface area contributed by atoms with Crippen LogP contribution in [0.3, 0.4) is 0 Å². The number of carbonyl (C=O) groups is 1. The highest BCUT2D eigenvalue weighted by Crippen LogP contribution is 2.36. The minimum Gasteiger partial charge on any atom is -0.298 e. The van der Waals surface area contributed by atoms with Gasteiger partial charge in [0, 0.05) is 19.0 Å². The Morgan fingerprint density at radius 1 is 1.35 bits per heavy atom. The van der Waals surface area contributed by atoms with E-state index in [1.807, 2.05) is 16.9 Å². The molecule has 1 heterocycles. The van der Waals surface area contributed by atoms with Gasteiger partial charge in [-0.1, -0.05) is 19.3 Å². The van der Waals surface area contributed by atoms with Crippen molar-refractivity contribution in [1.29, 1.82) is 5.26 Å². The van der Waals surface area contributed by atoms with E-state index in [9.17, 15) is 10.1 Å². The van der Waals surface area contributed by atoms with Crippen LogP contribution < -0.4 is 0 Å². The summed E-state index contributed by atoms with van der Waals surface area (Å²) in [6.45, 7) is 0. The minimum atomic E-state index is -0.812. The van der Waals surface area contributed by atoms with Crippen molar-refractivity contribution < 1.29 is 4.79 Å². The number of Topliss-reactive ketones (excluding diaryl/α,β-unsaturated/α-hetero) is 1. The van der Waals surface area contributed by atoms with Gasteiger partial charge in [0.2, 0.25) is 0 Å². The summed E-state index contributed by atoms with van der Waals surface area (Å²) in [6.07, 6.45) is 10.6. The third kappa shape index (κ3) is 2.37. The van der Waals surface area contributed by atoms with Crippen LogP contribution in [0.25, 0.3) is 0 Å². The van der Waals surface area contributed by atoms with Crippen molar-refractivity contribution in [2.75, 3.05) is 0 Å². The zero-order valence-corrected chi connectivity index (χ0v) is 11.8. The van der Waals surface area contributed by atoms with E-state index in [-0.39, 0.29) is 5.78 Å². The van der Waals surface area contributed by atoms with Crippen LogP contribution in [-0.4, -0.2) is 15.6 Å². The van der Waals surface area contributed by atoms with Crippen molar-refractivity contribution in [2.45, 2.75) is 63.8 Å². The van der Waals surface area contributed by atoms with Gasteiger partial charge in [-0.25, -0.2) is 0 Å². The van der Waals surface area contributed by atoms with Crippen molar-refractivity contribution in [3.8, 4) is 6.07 Å². The summed E-state index contributed by atoms with van der Waals surface area (Å²) in [5, 5.41) is 14.1. The van der Waals surface area contributed by atoms with Gasteiger partial charge in [-0.3, -0.25) is 9.48 Å². The molecular weight excluding hydrogens is 250 g/mol. The second-order valence-electron chi connectivity index (χ2n) is 6.23. The van der Waals surface area contributed by atoms with Gasteiger partial charge < -0.3 is 0 Å². The fraction of sp³-hybridized carbons (Fsp3) is 0.688. The number of carbonyl (C=O) groups excluding carboxylic acids is 1. The molecule has 0 radical (unpaired) electrons. The summed E-state index contributed by atoms with van der Waals surface area (Å²) >= 11 is 0. The fourth-order valence-electron chi connectivity index (χ4n) is 3.59. The van der Waals surface area contributed by atoms with E-state index in [4.69, 9.17) is 0 Å². The molecular formula is C16H21N3O. The van der Waals surface area contributed by atoms with Crippen LogP contribution in [0.1, 0.15) is 63.1 Å². The molecule has 3 rings (SSSR count). The SMILES string of the molecule is N#CC1(Cc2ccn(C3CCCC3)n2)CCCCC1=O. The lowest BCUT2D eigenvalue weighted by molar-refractivity contribution is -0.128. The molecule has 0 N–H and O–H groups in total. The Labute approximate surface area is 119 Å². The topological polar surface area (TPSA) is 58.7 Å². The van der Waals surface area contributed by atoms with Gasteiger partial charge in [0.1, 0.15) is 5.41 Å². The molecule has 0 bridgehead atoms. The van der Waals surface area contributed by atoms with E-state index in [0.29, 0.717) is 25.3 Å². The van der Waals surface area contributed by atoms with Gasteiger partial charge in [-0.15, -0.1) is 0 Å². The zero-order chi connectivity index (χ0) is 14.0. The fourth-order valence-corrected chi connectivity index (χ4v) is 3.59. The zero-order valence-electron chi connectivity index (χ0n) is 11.8. The van der Waals surface area contributed by atoms with Crippen molar-refractivity contribution in [1.82, 2.24) is 9.78 Å². The maximum absolute atomic E-state index is 12.2. The summed E-state index contributed by atoms with van der Waals surface area (Å²) in [5.41, 5.74) is 0.0846. The number of hydrogen-bond acceptors (Lipinski definition) is 3. The average Bonchev–Trinajstić information content (AvgIpc) is 3.12. The van der Waals surface area contributed by atoms with Crippen LogP contribution in [0, 0.1) is 16.7 Å². The van der Waals surface area contributed by atoms with Crippen LogP contribution >= 0.6 is 0 Å². The van der Waals surface area contributed by atoms with Crippen LogP contribution in [0.2, 0.25) is 0 Å². The molecule has 0 aromatic carbocycles. The predicted octanol–water partition coefficient (Wildman–Crippen LogP) is 3.19. The Hall–Kier alpha value is -1.63. The highest BCUT2D eigenvalue weighted by molar-refractivity contribution is 5.88. The Bertz CT molecular complexity index is 536. The van der Waals surface area contributed by atoms with Gasteiger partial charge in [0.15, 0.2) is 5.78 Å². The van der Waals surface area contributed by atoms with Crippen LogP contribution in [0.15, 0.2) is 12.3 Å². The number of hydrogen-bond donors (Lipinski definition) is 0. The van der Waals surface area contributed by atoms with Crippen LogP contribution in [0.5, 0.6) is 0 Å². The molecule has 20 heavy (non-hydrogen) atoms. The van der Waals surface area contributed by atoms with E-state index < -0.39 is 5.41 Å². The second kappa shape index (κ2) is 5.40. The van der Waals surface area contributed by atoms with E-state index in [0.717, 1.165) is 18.5 Å². The molecule has 1 aromatic rings. The first-order chi connectivity index (χ1) is 9.73. The van der Waals surface area contributed by atoms with Crippen molar-refractivity contribution in [2.24, 2.45) is 5.41 Å². The molecule has 1 aromatic heterocycles. The monoisotopic (exact) mass is 271 g/mol. The lowest BCUT2D eigenvalue weighted by Crippen LogP contribution is -2.35. The van der Waals surface area contributed by atoms with Gasteiger partial charge in [0.25, 0.3) is 0 Å². The van der Waals surface area contributed by atoms with Crippen molar-refractivity contribution >= 4 is 5.78 Å². The molecule has 0 aliphatic heterocycles. The van der Waals surface area contributed by atoms with Gasteiger partial charge in [0.05, 0.1) is 17.8 Å². The molecule has 1 atom stereocenters. The lowest BCUT2D eigenvalue weighted by Gasteiger charge is -2.28. The third-order valence-corrected chi connectivity index (χ3v) is 4.85. The normalized spacial score (nSPS) is 27.6. The van der Waals surface area contributed by atoms with E-state index >= 15 is 0 Å². The molecule has 4 heteroatoms. The summed E-state index contributed by atoms with van der Waals surface area (Å²) in [7, 11) is 0. The van der Waals surface area contributed by atoms with Gasteiger partial charge in [-0.2, -0.15) is 10.4 Å². The smallest absolute Gasteiger partial charge is 0.153 e. The quantitative estimate of drug-likeness (QED) is 0.848. The largest absolute Gasteiger partial charge is 0.298 e. The minimum absolute atomic E-state index is 0.113.